The van der Waals surface area contributed by atoms with Crippen molar-refractivity contribution >= 4 is 38.6 Å². The Labute approximate surface area is 199 Å². The molecule has 0 radical (unpaired) electrons. The highest BCUT2D eigenvalue weighted by Gasteiger charge is 2.44. The fraction of sp³-hybridized carbons (Fsp3) is 0.280. The molecule has 1 aliphatic rings. The van der Waals surface area contributed by atoms with Gasteiger partial charge in [-0.05, 0) is 55.3 Å². The van der Waals surface area contributed by atoms with Crippen molar-refractivity contribution in [2.24, 2.45) is 0 Å². The quantitative estimate of drug-likeness (QED) is 0.312. The summed E-state index contributed by atoms with van der Waals surface area (Å²) in [6.45, 7) is 3.18. The minimum atomic E-state index is -0.752. The number of ketones is 1. The summed E-state index contributed by atoms with van der Waals surface area (Å²) in [4.78, 5) is 28.0. The number of benzene rings is 2. The number of furan rings is 1. The van der Waals surface area contributed by atoms with Crippen molar-refractivity contribution < 1.29 is 28.6 Å². The van der Waals surface area contributed by atoms with Crippen LogP contribution in [0.25, 0.3) is 11.0 Å². The second-order valence-electron chi connectivity index (χ2n) is 7.63. The van der Waals surface area contributed by atoms with Gasteiger partial charge in [-0.25, -0.2) is 0 Å². The summed E-state index contributed by atoms with van der Waals surface area (Å²) < 4.78 is 17.2. The lowest BCUT2D eigenvalue weighted by Gasteiger charge is -2.26. The van der Waals surface area contributed by atoms with E-state index in [-0.39, 0.29) is 11.3 Å². The molecule has 0 bridgehead atoms. The number of rotatable bonds is 9. The normalized spacial score (nSPS) is 16.2. The van der Waals surface area contributed by atoms with Gasteiger partial charge < -0.3 is 23.9 Å². The number of amides is 1. The van der Waals surface area contributed by atoms with E-state index in [1.807, 2.05) is 19.1 Å². The van der Waals surface area contributed by atoms with Crippen LogP contribution in [0.5, 0.6) is 5.75 Å². The van der Waals surface area contributed by atoms with Crippen molar-refractivity contribution in [1.29, 1.82) is 0 Å². The van der Waals surface area contributed by atoms with E-state index < -0.39 is 23.5 Å². The van der Waals surface area contributed by atoms with E-state index in [1.165, 1.54) is 4.90 Å². The zero-order valence-corrected chi connectivity index (χ0v) is 19.9. The summed E-state index contributed by atoms with van der Waals surface area (Å²) in [6.07, 6.45) is 0.559. The number of aliphatic hydroxyl groups excluding tert-OH is 1. The number of carbonyl (C=O) groups excluding carboxylic acids is 2. The SMILES string of the molecule is CCOc1ccc(C2C(C(=O)c3cc4cc(Br)ccc4o3)=C(O)C(=O)N2CCCOC)cc1. The molecule has 3 aromatic rings. The number of nitrogens with zero attached hydrogens (tertiary/aromatic N) is 1. The van der Waals surface area contributed by atoms with Crippen LogP contribution in [0, 0.1) is 0 Å². The van der Waals surface area contributed by atoms with Crippen molar-refractivity contribution in [1.82, 2.24) is 4.90 Å². The van der Waals surface area contributed by atoms with E-state index in [9.17, 15) is 14.7 Å². The number of fused-ring (bicyclic) bond motifs is 1. The molecule has 2 aromatic carbocycles. The smallest absolute Gasteiger partial charge is 0.290 e. The van der Waals surface area contributed by atoms with Gasteiger partial charge in [0.25, 0.3) is 5.91 Å². The van der Waals surface area contributed by atoms with Crippen LogP contribution >= 0.6 is 15.9 Å². The summed E-state index contributed by atoms with van der Waals surface area (Å²) in [6, 6.07) is 13.4. The molecule has 172 valence electrons. The van der Waals surface area contributed by atoms with Crippen molar-refractivity contribution in [2.75, 3.05) is 26.9 Å². The Morgan fingerprint density at radius 1 is 1.18 bits per heavy atom. The third-order valence-electron chi connectivity index (χ3n) is 5.50. The molecule has 1 atom stereocenters. The average Bonchev–Trinajstić information content (AvgIpc) is 3.33. The largest absolute Gasteiger partial charge is 0.503 e. The molecule has 0 aliphatic carbocycles. The van der Waals surface area contributed by atoms with Crippen molar-refractivity contribution in [3.63, 3.8) is 0 Å². The molecule has 0 saturated carbocycles. The van der Waals surface area contributed by atoms with E-state index in [0.29, 0.717) is 43.1 Å². The second-order valence-corrected chi connectivity index (χ2v) is 8.55. The maximum atomic E-state index is 13.5. The standard InChI is InChI=1S/C25H24BrNO6/c1-3-32-18-8-5-15(6-9-18)22-21(24(29)25(30)27(22)11-4-12-31-2)23(28)20-14-16-13-17(26)7-10-19(16)33-20/h5-10,13-14,22,29H,3-4,11-12H2,1-2H3. The first-order valence-electron chi connectivity index (χ1n) is 10.6. The van der Waals surface area contributed by atoms with Gasteiger partial charge in [-0.3, -0.25) is 9.59 Å². The van der Waals surface area contributed by atoms with Gasteiger partial charge in [0.1, 0.15) is 11.3 Å². The number of methoxy groups -OCH3 is 1. The van der Waals surface area contributed by atoms with Crippen molar-refractivity contribution in [2.45, 2.75) is 19.4 Å². The Hall–Kier alpha value is -3.10. The van der Waals surface area contributed by atoms with Crippen LogP contribution in [0.1, 0.15) is 35.5 Å². The van der Waals surface area contributed by atoms with E-state index >= 15 is 0 Å². The molecule has 8 heteroatoms. The number of halogens is 1. The van der Waals surface area contributed by atoms with Crippen molar-refractivity contribution in [3.05, 3.63) is 75.7 Å². The van der Waals surface area contributed by atoms with Gasteiger partial charge in [0, 0.05) is 30.1 Å². The summed E-state index contributed by atoms with van der Waals surface area (Å²) in [5.41, 5.74) is 1.23. The van der Waals surface area contributed by atoms with Gasteiger partial charge in [0.2, 0.25) is 5.78 Å². The first-order chi connectivity index (χ1) is 15.9. The molecule has 33 heavy (non-hydrogen) atoms. The number of aliphatic hydroxyl groups is 1. The predicted octanol–water partition coefficient (Wildman–Crippen LogP) is 5.21. The van der Waals surface area contributed by atoms with E-state index in [1.54, 1.807) is 43.5 Å². The molecule has 1 unspecified atom stereocenters. The topological polar surface area (TPSA) is 89.2 Å². The number of ether oxygens (including phenoxy) is 2. The summed E-state index contributed by atoms with van der Waals surface area (Å²) in [5.74, 6) is -0.931. The number of Topliss-reactive ketones (excluding diaryl/α,β-unsaturated/α-hetero) is 1. The van der Waals surface area contributed by atoms with Crippen molar-refractivity contribution in [3.8, 4) is 5.75 Å². The van der Waals surface area contributed by atoms with Crippen LogP contribution in [0.2, 0.25) is 0 Å². The molecule has 4 rings (SSSR count). The first kappa shape index (κ1) is 23.1. The minimum absolute atomic E-state index is 0.000279. The van der Waals surface area contributed by atoms with Crippen LogP contribution in [0.4, 0.5) is 0 Å². The Bertz CT molecular complexity index is 1210. The predicted molar refractivity (Wildman–Crippen MR) is 126 cm³/mol. The lowest BCUT2D eigenvalue weighted by molar-refractivity contribution is -0.129. The van der Waals surface area contributed by atoms with Gasteiger partial charge in [-0.2, -0.15) is 0 Å². The zero-order valence-electron chi connectivity index (χ0n) is 18.3. The van der Waals surface area contributed by atoms with Crippen LogP contribution in [0.15, 0.2) is 68.8 Å². The lowest BCUT2D eigenvalue weighted by atomic mass is 9.95. The summed E-state index contributed by atoms with van der Waals surface area (Å²) in [5, 5.41) is 11.5. The highest BCUT2D eigenvalue weighted by Crippen LogP contribution is 2.40. The number of hydrogen-bond donors (Lipinski definition) is 1. The minimum Gasteiger partial charge on any atom is -0.503 e. The fourth-order valence-electron chi connectivity index (χ4n) is 4.01. The van der Waals surface area contributed by atoms with Gasteiger partial charge in [-0.1, -0.05) is 28.1 Å². The van der Waals surface area contributed by atoms with Gasteiger partial charge >= 0.3 is 0 Å². The van der Waals surface area contributed by atoms with Crippen LogP contribution in [-0.4, -0.2) is 48.6 Å². The third-order valence-corrected chi connectivity index (χ3v) is 6.00. The maximum Gasteiger partial charge on any atom is 0.290 e. The zero-order chi connectivity index (χ0) is 23.5. The molecule has 0 saturated heterocycles. The molecule has 1 aromatic heterocycles. The van der Waals surface area contributed by atoms with Gasteiger partial charge in [-0.15, -0.1) is 0 Å². The van der Waals surface area contributed by atoms with Crippen LogP contribution in [0.3, 0.4) is 0 Å². The Morgan fingerprint density at radius 3 is 2.64 bits per heavy atom. The maximum absolute atomic E-state index is 13.5. The Balaban J connectivity index is 1.74. The first-order valence-corrected chi connectivity index (χ1v) is 11.4. The van der Waals surface area contributed by atoms with E-state index in [0.717, 1.165) is 9.86 Å². The molecule has 1 N–H and O–H groups in total. The van der Waals surface area contributed by atoms with E-state index in [2.05, 4.69) is 15.9 Å². The van der Waals surface area contributed by atoms with Gasteiger partial charge in [0.05, 0.1) is 18.2 Å². The monoisotopic (exact) mass is 513 g/mol. The summed E-state index contributed by atoms with van der Waals surface area (Å²) in [7, 11) is 1.58. The lowest BCUT2D eigenvalue weighted by Crippen LogP contribution is -2.32. The molecular weight excluding hydrogens is 490 g/mol. The molecule has 1 amide bonds. The van der Waals surface area contributed by atoms with E-state index in [4.69, 9.17) is 13.9 Å². The van der Waals surface area contributed by atoms with Crippen LogP contribution < -0.4 is 4.74 Å². The summed E-state index contributed by atoms with van der Waals surface area (Å²) >= 11 is 3.41. The number of carbonyl (C=O) groups is 2. The fourth-order valence-corrected chi connectivity index (χ4v) is 4.39. The van der Waals surface area contributed by atoms with Gasteiger partial charge in [0.15, 0.2) is 11.5 Å². The molecule has 1 aliphatic heterocycles. The second kappa shape index (κ2) is 9.80. The molecular formula is C25H24BrNO6. The van der Waals surface area contributed by atoms with Crippen LogP contribution in [-0.2, 0) is 9.53 Å². The molecule has 2 heterocycles. The highest BCUT2D eigenvalue weighted by atomic mass is 79.9. The Kier molecular flexibility index (Phi) is 6.85. The Morgan fingerprint density at radius 2 is 1.94 bits per heavy atom. The molecule has 7 nitrogen and oxygen atoms in total. The number of hydrogen-bond acceptors (Lipinski definition) is 6. The molecule has 0 spiro atoms. The highest BCUT2D eigenvalue weighted by molar-refractivity contribution is 9.10. The average molecular weight is 514 g/mol. The third kappa shape index (κ3) is 4.54. The molecule has 0 fully saturated rings.